The number of ether oxygens (including phenoxy) is 1. The Morgan fingerprint density at radius 1 is 0.884 bits per heavy atom. The van der Waals surface area contributed by atoms with E-state index >= 15 is 0 Å². The quantitative estimate of drug-likeness (QED) is 0.0785. The molecule has 0 aliphatic carbocycles. The monoisotopic (exact) mass is 748 g/mol. The fourth-order valence-electron chi connectivity index (χ4n) is 5.91. The number of aromatic nitrogens is 1. The van der Waals surface area contributed by atoms with Gasteiger partial charge in [-0.1, -0.05) is 111 Å². The summed E-state index contributed by atoms with van der Waals surface area (Å²) in [6, 6.07) is 35.6. The number of nitrogens with zero attached hydrogens (tertiary/aromatic N) is 2. The van der Waals surface area contributed by atoms with Gasteiger partial charge in [0.2, 0.25) is 5.88 Å². The van der Waals surface area contributed by atoms with Gasteiger partial charge in [0.15, 0.2) is 0 Å². The topological polar surface area (TPSA) is 45.6 Å². The molecule has 5 rings (SSSR count). The molecule has 0 amide bonds. The zero-order chi connectivity index (χ0) is 30.4. The van der Waals surface area contributed by atoms with Gasteiger partial charge in [-0.3, -0.25) is 0 Å². The van der Waals surface area contributed by atoms with Crippen LogP contribution in [0.3, 0.4) is 0 Å². The van der Waals surface area contributed by atoms with Crippen LogP contribution in [0.1, 0.15) is 47.4 Å². The molecule has 2 atom stereocenters. The zero-order valence-corrected chi connectivity index (χ0v) is 28.7. The molecule has 222 valence electrons. The van der Waals surface area contributed by atoms with E-state index in [-0.39, 0.29) is 0 Å². The van der Waals surface area contributed by atoms with E-state index in [2.05, 4.69) is 130 Å². The first-order chi connectivity index (χ1) is 20.8. The summed E-state index contributed by atoms with van der Waals surface area (Å²) in [5.74, 6) is 0.108. The summed E-state index contributed by atoms with van der Waals surface area (Å²) < 4.78 is 7.90. The van der Waals surface area contributed by atoms with Crippen molar-refractivity contribution in [2.75, 3.05) is 27.7 Å². The lowest BCUT2D eigenvalue weighted by molar-refractivity contribution is 0.00682. The predicted molar refractivity (Wildman–Crippen MR) is 190 cm³/mol. The number of unbranched alkanes of at least 4 members (excludes halogenated alkanes) is 1. The molecule has 0 spiro atoms. The Bertz CT molecular complexity index is 1660. The number of hydrogen-bond donors (Lipinski definition) is 1. The van der Waals surface area contributed by atoms with Crippen LogP contribution >= 0.6 is 38.5 Å². The molecule has 0 aliphatic heterocycles. The summed E-state index contributed by atoms with van der Waals surface area (Å²) in [7, 11) is 5.85. The molecule has 0 radical (unpaired) electrons. The highest BCUT2D eigenvalue weighted by molar-refractivity contribution is 14.1. The third-order valence-electron chi connectivity index (χ3n) is 8.10. The minimum absolute atomic E-state index is 0.421. The first-order valence-corrected chi connectivity index (χ1v) is 17.0. The first kappa shape index (κ1) is 31.6. The van der Waals surface area contributed by atoms with Crippen molar-refractivity contribution in [3.63, 3.8) is 0 Å². The van der Waals surface area contributed by atoms with Crippen molar-refractivity contribution >= 4 is 49.4 Å². The van der Waals surface area contributed by atoms with Crippen LogP contribution in [-0.2, 0) is 10.0 Å². The predicted octanol–water partition coefficient (Wildman–Crippen LogP) is 9.36. The van der Waals surface area contributed by atoms with Crippen molar-refractivity contribution in [2.45, 2.75) is 35.2 Å². The summed E-state index contributed by atoms with van der Waals surface area (Å²) in [6.07, 6.45) is 2.42. The second kappa shape index (κ2) is 14.3. The fraction of sp³-hybridized carbons (Fsp3) is 0.270. The zero-order valence-electron chi connectivity index (χ0n) is 24.9. The van der Waals surface area contributed by atoms with Crippen LogP contribution in [0.5, 0.6) is 5.88 Å². The number of fused-ring (bicyclic) bond motifs is 1. The van der Waals surface area contributed by atoms with Crippen LogP contribution < -0.4 is 4.74 Å². The minimum Gasteiger partial charge on any atom is -0.481 e. The lowest BCUT2D eigenvalue weighted by Crippen LogP contribution is -2.35. The number of aliphatic hydroxyl groups is 1. The maximum Gasteiger partial charge on any atom is 0.217 e. The third kappa shape index (κ3) is 7.31. The van der Waals surface area contributed by atoms with E-state index in [0.29, 0.717) is 12.3 Å². The largest absolute Gasteiger partial charge is 0.481 e. The van der Waals surface area contributed by atoms with Gasteiger partial charge < -0.3 is 14.7 Å². The van der Waals surface area contributed by atoms with Crippen molar-refractivity contribution in [1.29, 1.82) is 0 Å². The van der Waals surface area contributed by atoms with Crippen molar-refractivity contribution in [3.05, 3.63) is 130 Å². The van der Waals surface area contributed by atoms with Gasteiger partial charge in [-0.2, -0.15) is 0 Å². The summed E-state index contributed by atoms with van der Waals surface area (Å²) in [4.78, 5) is 7.12. The van der Waals surface area contributed by atoms with Gasteiger partial charge in [-0.15, -0.1) is 0 Å². The van der Waals surface area contributed by atoms with Crippen LogP contribution in [0.15, 0.2) is 108 Å². The number of methoxy groups -OCH3 is 1. The lowest BCUT2D eigenvalue weighted by atomic mass is 9.70. The van der Waals surface area contributed by atoms with Gasteiger partial charge >= 0.3 is 0 Å². The van der Waals surface area contributed by atoms with E-state index in [1.807, 2.05) is 30.3 Å². The average molecular weight is 750 g/mol. The second-order valence-corrected chi connectivity index (χ2v) is 13.0. The van der Waals surface area contributed by atoms with Gasteiger partial charge in [0.1, 0.15) is 5.60 Å². The third-order valence-corrected chi connectivity index (χ3v) is 9.48. The molecule has 0 fully saturated rings. The lowest BCUT2D eigenvalue weighted by Gasteiger charge is -2.38. The normalized spacial score (nSPS) is 13.7. The Morgan fingerprint density at radius 3 is 2.35 bits per heavy atom. The number of rotatable bonds is 12. The van der Waals surface area contributed by atoms with Crippen LogP contribution in [0.4, 0.5) is 0 Å². The highest BCUT2D eigenvalue weighted by atomic mass is 127. The van der Waals surface area contributed by atoms with E-state index in [1.165, 1.54) is 5.56 Å². The molecule has 0 saturated carbocycles. The van der Waals surface area contributed by atoms with Crippen LogP contribution in [0.2, 0.25) is 0 Å². The Hall–Kier alpha value is -2.78. The number of halogens is 2. The molecule has 0 aliphatic rings. The molecule has 0 saturated heterocycles. The van der Waals surface area contributed by atoms with E-state index in [0.717, 1.165) is 67.0 Å². The molecule has 6 heteroatoms. The van der Waals surface area contributed by atoms with Crippen molar-refractivity contribution < 1.29 is 9.84 Å². The SMILES string of the molecule is COc1nc2ccc(Br)cc2cc1C(c1ccccc1)C(O)(CCCCN(C)C)c1cccc(-c2ccc(CI)cc2)c1. The maximum atomic E-state index is 13.2. The molecule has 0 bridgehead atoms. The molecular weight excluding hydrogens is 711 g/mol. The number of pyridine rings is 1. The van der Waals surface area contributed by atoms with Crippen LogP contribution in [-0.4, -0.2) is 42.7 Å². The Labute approximate surface area is 277 Å². The molecule has 1 aromatic heterocycles. The maximum absolute atomic E-state index is 13.2. The van der Waals surface area contributed by atoms with Gasteiger partial charge in [0.05, 0.1) is 12.6 Å². The average Bonchev–Trinajstić information content (AvgIpc) is 3.03. The molecule has 1 N–H and O–H groups in total. The molecular formula is C37H38BrIN2O2. The molecule has 1 heterocycles. The second-order valence-electron chi connectivity index (χ2n) is 11.4. The molecule has 43 heavy (non-hydrogen) atoms. The Balaban J connectivity index is 1.71. The summed E-state index contributed by atoms with van der Waals surface area (Å²) in [5, 5.41) is 14.2. The highest BCUT2D eigenvalue weighted by Gasteiger charge is 2.42. The first-order valence-electron chi connectivity index (χ1n) is 14.6. The molecule has 2 unspecified atom stereocenters. The van der Waals surface area contributed by atoms with Crippen molar-refractivity contribution in [1.82, 2.24) is 9.88 Å². The van der Waals surface area contributed by atoms with E-state index in [1.54, 1.807) is 7.11 Å². The number of hydrogen-bond acceptors (Lipinski definition) is 4. The number of alkyl halides is 1. The van der Waals surface area contributed by atoms with Gasteiger partial charge in [0, 0.05) is 25.8 Å². The summed E-state index contributed by atoms with van der Waals surface area (Å²) in [5.41, 5.74) is 5.90. The molecule has 4 aromatic carbocycles. The van der Waals surface area contributed by atoms with E-state index < -0.39 is 11.5 Å². The summed E-state index contributed by atoms with van der Waals surface area (Å²) >= 11 is 6.02. The van der Waals surface area contributed by atoms with Crippen LogP contribution in [0.25, 0.3) is 22.0 Å². The molecule has 5 aromatic rings. The van der Waals surface area contributed by atoms with Gasteiger partial charge in [0.25, 0.3) is 0 Å². The standard InChI is InChI=1S/C37H38BrIN2O2/c1-41(2)21-8-7-20-37(42,31-13-9-12-29(22-31)27-16-14-26(25-39)15-17-27)35(28-10-5-4-6-11-28)33-24-30-23-32(38)18-19-34(30)40-36(33)43-3/h4-6,9-19,22-24,35,42H,7-8,20-21,25H2,1-3H3. The minimum atomic E-state index is -1.24. The smallest absolute Gasteiger partial charge is 0.217 e. The summed E-state index contributed by atoms with van der Waals surface area (Å²) in [6.45, 7) is 0.962. The van der Waals surface area contributed by atoms with E-state index in [9.17, 15) is 5.11 Å². The van der Waals surface area contributed by atoms with Crippen LogP contribution in [0, 0.1) is 0 Å². The van der Waals surface area contributed by atoms with Gasteiger partial charge in [-0.05, 0) is 98.1 Å². The fourth-order valence-corrected chi connectivity index (χ4v) is 6.79. The Kier molecular flexibility index (Phi) is 10.5. The Morgan fingerprint density at radius 2 is 1.65 bits per heavy atom. The van der Waals surface area contributed by atoms with Crippen molar-refractivity contribution in [3.8, 4) is 17.0 Å². The highest BCUT2D eigenvalue weighted by Crippen LogP contribution is 2.48. The van der Waals surface area contributed by atoms with Crippen molar-refractivity contribution in [2.24, 2.45) is 0 Å². The number of benzene rings is 4. The van der Waals surface area contributed by atoms with Gasteiger partial charge in [-0.25, -0.2) is 4.98 Å². The molecule has 4 nitrogen and oxygen atoms in total. The van der Waals surface area contributed by atoms with E-state index in [4.69, 9.17) is 9.72 Å².